The number of hydrogen-bond donors (Lipinski definition) is 0. The molecule has 1 rings (SSSR count). The monoisotopic (exact) mass is 248 g/mol. The highest BCUT2D eigenvalue weighted by atomic mass is 16.5. The lowest BCUT2D eigenvalue weighted by Gasteiger charge is -2.11. The standard InChI is InChI=1S/C16H24O2/c1-3-4-12-16(17)18-13-8-9-14(2)15-10-6-5-7-11-15/h5-7,10-11,14H,3-4,8-9,12-13H2,1-2H3. The zero-order valence-corrected chi connectivity index (χ0v) is 11.5. The molecule has 0 bridgehead atoms. The third-order valence-electron chi connectivity index (χ3n) is 3.15. The SMILES string of the molecule is CCCCC(=O)OCCCC(C)c1ccccc1. The molecule has 1 unspecified atom stereocenters. The Balaban J connectivity index is 2.13. The maximum Gasteiger partial charge on any atom is 0.305 e. The van der Waals surface area contributed by atoms with Crippen LogP contribution in [0.4, 0.5) is 0 Å². The zero-order chi connectivity index (χ0) is 13.2. The van der Waals surface area contributed by atoms with Crippen LogP contribution < -0.4 is 0 Å². The van der Waals surface area contributed by atoms with Crippen molar-refractivity contribution in [1.29, 1.82) is 0 Å². The van der Waals surface area contributed by atoms with Crippen molar-refractivity contribution in [3.05, 3.63) is 35.9 Å². The molecule has 1 aromatic carbocycles. The molecule has 0 fully saturated rings. The lowest BCUT2D eigenvalue weighted by atomic mass is 9.97. The number of rotatable bonds is 8. The van der Waals surface area contributed by atoms with Crippen LogP contribution >= 0.6 is 0 Å². The molecule has 2 heteroatoms. The highest BCUT2D eigenvalue weighted by Crippen LogP contribution is 2.19. The highest BCUT2D eigenvalue weighted by Gasteiger charge is 2.06. The summed E-state index contributed by atoms with van der Waals surface area (Å²) in [7, 11) is 0. The van der Waals surface area contributed by atoms with Gasteiger partial charge in [-0.05, 0) is 30.7 Å². The first-order valence-corrected chi connectivity index (χ1v) is 6.94. The van der Waals surface area contributed by atoms with Crippen LogP contribution in [0.1, 0.15) is 57.4 Å². The first kappa shape index (κ1) is 14.7. The summed E-state index contributed by atoms with van der Waals surface area (Å²) in [6.07, 6.45) is 4.53. The molecule has 0 aliphatic heterocycles. The van der Waals surface area contributed by atoms with Gasteiger partial charge in [0.1, 0.15) is 0 Å². The second-order valence-corrected chi connectivity index (χ2v) is 4.78. The minimum Gasteiger partial charge on any atom is -0.466 e. The Kier molecular flexibility index (Phi) is 7.16. The summed E-state index contributed by atoms with van der Waals surface area (Å²) in [5, 5.41) is 0. The summed E-state index contributed by atoms with van der Waals surface area (Å²) in [4.78, 5) is 11.3. The van der Waals surface area contributed by atoms with Crippen molar-refractivity contribution in [2.75, 3.05) is 6.61 Å². The van der Waals surface area contributed by atoms with Gasteiger partial charge in [0, 0.05) is 6.42 Å². The normalized spacial score (nSPS) is 12.1. The number of hydrogen-bond acceptors (Lipinski definition) is 2. The topological polar surface area (TPSA) is 26.3 Å². The lowest BCUT2D eigenvalue weighted by Crippen LogP contribution is -2.06. The van der Waals surface area contributed by atoms with Crippen molar-refractivity contribution < 1.29 is 9.53 Å². The van der Waals surface area contributed by atoms with E-state index in [0.29, 0.717) is 18.9 Å². The Morgan fingerprint density at radius 2 is 1.94 bits per heavy atom. The fraction of sp³-hybridized carbons (Fsp3) is 0.562. The van der Waals surface area contributed by atoms with Crippen LogP contribution in [0.3, 0.4) is 0 Å². The van der Waals surface area contributed by atoms with Crippen molar-refractivity contribution in [2.45, 2.75) is 51.9 Å². The molecule has 0 radical (unpaired) electrons. The first-order valence-electron chi connectivity index (χ1n) is 6.94. The van der Waals surface area contributed by atoms with Crippen molar-refractivity contribution >= 4 is 5.97 Å². The van der Waals surface area contributed by atoms with Crippen LogP contribution in [-0.2, 0) is 9.53 Å². The van der Waals surface area contributed by atoms with E-state index in [1.807, 2.05) is 6.07 Å². The van der Waals surface area contributed by atoms with Crippen LogP contribution in [0.25, 0.3) is 0 Å². The predicted octanol–water partition coefficient (Wildman–Crippen LogP) is 4.30. The summed E-state index contributed by atoms with van der Waals surface area (Å²) in [5.74, 6) is 0.477. The molecule has 0 aliphatic rings. The molecular weight excluding hydrogens is 224 g/mol. The highest BCUT2D eigenvalue weighted by molar-refractivity contribution is 5.69. The van der Waals surface area contributed by atoms with Crippen LogP contribution in [-0.4, -0.2) is 12.6 Å². The van der Waals surface area contributed by atoms with Crippen molar-refractivity contribution in [3.63, 3.8) is 0 Å². The van der Waals surface area contributed by atoms with E-state index in [9.17, 15) is 4.79 Å². The average Bonchev–Trinajstić information content (AvgIpc) is 2.42. The summed E-state index contributed by atoms with van der Waals surface area (Å²) in [5.41, 5.74) is 1.36. The van der Waals surface area contributed by atoms with E-state index in [1.165, 1.54) is 5.56 Å². The maximum atomic E-state index is 11.3. The van der Waals surface area contributed by atoms with Crippen LogP contribution in [0, 0.1) is 0 Å². The lowest BCUT2D eigenvalue weighted by molar-refractivity contribution is -0.143. The summed E-state index contributed by atoms with van der Waals surface area (Å²) >= 11 is 0. The largest absolute Gasteiger partial charge is 0.466 e. The van der Waals surface area contributed by atoms with E-state index in [1.54, 1.807) is 0 Å². The number of carbonyl (C=O) groups excluding carboxylic acids is 1. The van der Waals surface area contributed by atoms with E-state index >= 15 is 0 Å². The van der Waals surface area contributed by atoms with Gasteiger partial charge < -0.3 is 4.74 Å². The third-order valence-corrected chi connectivity index (χ3v) is 3.15. The van der Waals surface area contributed by atoms with Gasteiger partial charge in [0.15, 0.2) is 0 Å². The van der Waals surface area contributed by atoms with Crippen molar-refractivity contribution in [3.8, 4) is 0 Å². The molecular formula is C16H24O2. The molecule has 0 spiro atoms. The third kappa shape index (κ3) is 5.85. The number of ether oxygens (including phenoxy) is 1. The van der Waals surface area contributed by atoms with Gasteiger partial charge in [-0.15, -0.1) is 0 Å². The number of carbonyl (C=O) groups is 1. The van der Waals surface area contributed by atoms with Gasteiger partial charge in [-0.3, -0.25) is 4.79 Å². The molecule has 0 N–H and O–H groups in total. The molecule has 0 amide bonds. The molecule has 0 aliphatic carbocycles. The van der Waals surface area contributed by atoms with Gasteiger partial charge in [0.25, 0.3) is 0 Å². The molecule has 2 nitrogen and oxygen atoms in total. The van der Waals surface area contributed by atoms with Crippen molar-refractivity contribution in [2.24, 2.45) is 0 Å². The predicted molar refractivity (Wildman–Crippen MR) is 74.6 cm³/mol. The molecule has 0 aromatic heterocycles. The quantitative estimate of drug-likeness (QED) is 0.506. The molecule has 100 valence electrons. The van der Waals surface area contributed by atoms with E-state index in [0.717, 1.165) is 25.7 Å². The Morgan fingerprint density at radius 1 is 1.22 bits per heavy atom. The second-order valence-electron chi connectivity index (χ2n) is 4.78. The van der Waals surface area contributed by atoms with Crippen LogP contribution in [0.2, 0.25) is 0 Å². The molecule has 0 saturated carbocycles. The fourth-order valence-corrected chi connectivity index (χ4v) is 1.92. The molecule has 1 aromatic rings. The van der Waals surface area contributed by atoms with E-state index < -0.39 is 0 Å². The number of unbranched alkanes of at least 4 members (excludes halogenated alkanes) is 1. The maximum absolute atomic E-state index is 11.3. The van der Waals surface area contributed by atoms with Crippen LogP contribution in [0.5, 0.6) is 0 Å². The Labute approximate surface area is 110 Å². The Morgan fingerprint density at radius 3 is 2.61 bits per heavy atom. The number of benzene rings is 1. The average molecular weight is 248 g/mol. The van der Waals surface area contributed by atoms with Gasteiger partial charge in [0.05, 0.1) is 6.61 Å². The summed E-state index contributed by atoms with van der Waals surface area (Å²) in [6, 6.07) is 10.5. The first-order chi connectivity index (χ1) is 8.74. The molecule has 1 atom stereocenters. The summed E-state index contributed by atoms with van der Waals surface area (Å²) in [6.45, 7) is 4.85. The minimum atomic E-state index is -0.0517. The minimum absolute atomic E-state index is 0.0517. The van der Waals surface area contributed by atoms with Crippen molar-refractivity contribution in [1.82, 2.24) is 0 Å². The molecule has 18 heavy (non-hydrogen) atoms. The smallest absolute Gasteiger partial charge is 0.305 e. The van der Waals surface area contributed by atoms with Gasteiger partial charge in [-0.25, -0.2) is 0 Å². The zero-order valence-electron chi connectivity index (χ0n) is 11.5. The number of esters is 1. The van der Waals surface area contributed by atoms with E-state index in [2.05, 4.69) is 38.1 Å². The molecule has 0 saturated heterocycles. The van der Waals surface area contributed by atoms with E-state index in [-0.39, 0.29) is 5.97 Å². The summed E-state index contributed by atoms with van der Waals surface area (Å²) < 4.78 is 5.19. The van der Waals surface area contributed by atoms with Gasteiger partial charge >= 0.3 is 5.97 Å². The Hall–Kier alpha value is -1.31. The fourth-order valence-electron chi connectivity index (χ4n) is 1.92. The van der Waals surface area contributed by atoms with E-state index in [4.69, 9.17) is 4.74 Å². The van der Waals surface area contributed by atoms with Gasteiger partial charge in [-0.1, -0.05) is 50.6 Å². The van der Waals surface area contributed by atoms with Crippen LogP contribution in [0.15, 0.2) is 30.3 Å². The van der Waals surface area contributed by atoms with Gasteiger partial charge in [-0.2, -0.15) is 0 Å². The van der Waals surface area contributed by atoms with Gasteiger partial charge in [0.2, 0.25) is 0 Å². The molecule has 0 heterocycles. The second kappa shape index (κ2) is 8.73. The Bertz CT molecular complexity index is 332.